The van der Waals surface area contributed by atoms with Gasteiger partial charge in [-0.1, -0.05) is 52.0 Å². The lowest BCUT2D eigenvalue weighted by Crippen LogP contribution is -2.18. The van der Waals surface area contributed by atoms with Crippen LogP contribution in [0, 0.1) is 5.92 Å². The van der Waals surface area contributed by atoms with Gasteiger partial charge in [0.15, 0.2) is 5.65 Å². The van der Waals surface area contributed by atoms with E-state index in [9.17, 15) is 0 Å². The molecule has 0 aliphatic carbocycles. The number of benzene rings is 1. The van der Waals surface area contributed by atoms with Crippen LogP contribution in [0.2, 0.25) is 0 Å². The fraction of sp³-hybridized carbons (Fsp3) is 0.412. The number of fused-ring (bicyclic) bond motifs is 1. The van der Waals surface area contributed by atoms with Crippen molar-refractivity contribution in [3.63, 3.8) is 0 Å². The molecule has 1 N–H and O–H groups in total. The molecule has 2 aromatic heterocycles. The molecule has 0 amide bonds. The minimum Gasteiger partial charge on any atom is -0.362 e. The van der Waals surface area contributed by atoms with Crippen molar-refractivity contribution in [1.82, 2.24) is 25.3 Å². The first kappa shape index (κ1) is 15.4. The molecule has 1 atom stereocenters. The van der Waals surface area contributed by atoms with Crippen molar-refractivity contribution in [2.24, 2.45) is 5.92 Å². The highest BCUT2D eigenvalue weighted by Crippen LogP contribution is 2.27. The highest BCUT2D eigenvalue weighted by Gasteiger charge is 2.17. The molecule has 0 radical (unpaired) electrons. The fourth-order valence-electron chi connectivity index (χ4n) is 2.61. The van der Waals surface area contributed by atoms with Gasteiger partial charge in [0, 0.05) is 0 Å². The van der Waals surface area contributed by atoms with Crippen molar-refractivity contribution < 1.29 is 0 Å². The molecule has 2 heterocycles. The summed E-state index contributed by atoms with van der Waals surface area (Å²) in [6.07, 6.45) is 0. The van der Waals surface area contributed by atoms with Gasteiger partial charge in [0.25, 0.3) is 0 Å². The second kappa shape index (κ2) is 6.32. The molecule has 3 aromatic rings. The van der Waals surface area contributed by atoms with E-state index < -0.39 is 0 Å². The summed E-state index contributed by atoms with van der Waals surface area (Å²) >= 11 is 0. The zero-order valence-corrected chi connectivity index (χ0v) is 13.9. The number of hydrogen-bond donors (Lipinski definition) is 1. The molecule has 0 saturated heterocycles. The van der Waals surface area contributed by atoms with E-state index in [2.05, 4.69) is 77.9 Å². The minimum absolute atomic E-state index is 0.178. The third-order valence-corrected chi connectivity index (χ3v) is 4.00. The highest BCUT2D eigenvalue weighted by molar-refractivity contribution is 5.44. The smallest absolute Gasteiger partial charge is 0.200 e. The zero-order chi connectivity index (χ0) is 16.4. The summed E-state index contributed by atoms with van der Waals surface area (Å²) in [5.41, 5.74) is 3.24. The standard InChI is InChI=1S/C17H22N6/c1-11(2)13-5-7-14(8-6-13)17(12(3)4)18-15-9-10-16-19-21-22-23(16)20-15/h5-12,17H,1-4H3,(H,18,20)/t17-/m1/s1. The summed E-state index contributed by atoms with van der Waals surface area (Å²) in [6, 6.07) is 12.7. The molecule has 0 aliphatic rings. The van der Waals surface area contributed by atoms with Gasteiger partial charge in [0.05, 0.1) is 6.04 Å². The van der Waals surface area contributed by atoms with E-state index >= 15 is 0 Å². The lowest BCUT2D eigenvalue weighted by atomic mass is 9.93. The molecular formula is C17H22N6. The Kier molecular flexibility index (Phi) is 4.23. The summed E-state index contributed by atoms with van der Waals surface area (Å²) < 4.78 is 1.43. The van der Waals surface area contributed by atoms with Crippen molar-refractivity contribution in [2.75, 3.05) is 5.32 Å². The van der Waals surface area contributed by atoms with Crippen LogP contribution in [0.25, 0.3) is 5.65 Å². The van der Waals surface area contributed by atoms with Gasteiger partial charge in [-0.15, -0.1) is 14.8 Å². The number of aromatic nitrogens is 5. The largest absolute Gasteiger partial charge is 0.362 e. The van der Waals surface area contributed by atoms with Crippen LogP contribution in [0.3, 0.4) is 0 Å². The maximum Gasteiger partial charge on any atom is 0.200 e. The SMILES string of the molecule is CC(C)c1ccc([C@H](Nc2ccc3nnnn3n2)C(C)C)cc1. The molecule has 0 bridgehead atoms. The normalized spacial score (nSPS) is 13.0. The van der Waals surface area contributed by atoms with Gasteiger partial charge in [-0.2, -0.15) is 0 Å². The summed E-state index contributed by atoms with van der Waals surface area (Å²) in [5.74, 6) is 1.72. The highest BCUT2D eigenvalue weighted by atomic mass is 15.6. The molecular weight excluding hydrogens is 288 g/mol. The van der Waals surface area contributed by atoms with Crippen LogP contribution in [0.4, 0.5) is 5.82 Å². The Bertz CT molecular complexity index is 775. The second-order valence-electron chi connectivity index (χ2n) is 6.43. The molecule has 0 spiro atoms. The molecule has 0 unspecified atom stereocenters. The van der Waals surface area contributed by atoms with Crippen molar-refractivity contribution >= 4 is 11.5 Å². The van der Waals surface area contributed by atoms with Crippen LogP contribution < -0.4 is 5.32 Å². The Hall–Kier alpha value is -2.50. The van der Waals surface area contributed by atoms with Crippen LogP contribution in [0.15, 0.2) is 36.4 Å². The minimum atomic E-state index is 0.178. The van der Waals surface area contributed by atoms with Crippen molar-refractivity contribution in [3.05, 3.63) is 47.5 Å². The van der Waals surface area contributed by atoms with Gasteiger partial charge >= 0.3 is 0 Å². The third-order valence-electron chi connectivity index (χ3n) is 4.00. The maximum atomic E-state index is 4.40. The van der Waals surface area contributed by atoms with E-state index in [4.69, 9.17) is 0 Å². The van der Waals surface area contributed by atoms with E-state index in [0.29, 0.717) is 17.5 Å². The van der Waals surface area contributed by atoms with E-state index in [-0.39, 0.29) is 6.04 Å². The molecule has 6 nitrogen and oxygen atoms in total. The summed E-state index contributed by atoms with van der Waals surface area (Å²) in [5, 5.41) is 19.2. The van der Waals surface area contributed by atoms with Gasteiger partial charge in [0.2, 0.25) is 0 Å². The van der Waals surface area contributed by atoms with Gasteiger partial charge < -0.3 is 5.32 Å². The second-order valence-corrected chi connectivity index (χ2v) is 6.43. The average molecular weight is 310 g/mol. The van der Waals surface area contributed by atoms with Crippen molar-refractivity contribution in [3.8, 4) is 0 Å². The van der Waals surface area contributed by atoms with Gasteiger partial charge in [0.1, 0.15) is 5.82 Å². The fourth-order valence-corrected chi connectivity index (χ4v) is 2.61. The molecule has 0 saturated carbocycles. The van der Waals surface area contributed by atoms with Gasteiger partial charge in [-0.25, -0.2) is 0 Å². The van der Waals surface area contributed by atoms with E-state index in [1.807, 2.05) is 12.1 Å². The number of tetrazole rings is 1. The third kappa shape index (κ3) is 3.31. The van der Waals surface area contributed by atoms with Crippen LogP contribution in [0.1, 0.15) is 50.8 Å². The van der Waals surface area contributed by atoms with Crippen LogP contribution in [0.5, 0.6) is 0 Å². The number of nitrogens with zero attached hydrogens (tertiary/aromatic N) is 5. The quantitative estimate of drug-likeness (QED) is 0.781. The summed E-state index contributed by atoms with van der Waals surface area (Å²) in [4.78, 5) is 0. The Labute approximate surface area is 135 Å². The molecule has 6 heteroatoms. The Balaban J connectivity index is 1.86. The zero-order valence-electron chi connectivity index (χ0n) is 13.9. The van der Waals surface area contributed by atoms with Gasteiger partial charge in [-0.05, 0) is 45.5 Å². The first-order chi connectivity index (χ1) is 11.0. The Morgan fingerprint density at radius 1 is 0.913 bits per heavy atom. The van der Waals surface area contributed by atoms with E-state index in [0.717, 1.165) is 5.82 Å². The Morgan fingerprint density at radius 2 is 1.61 bits per heavy atom. The summed E-state index contributed by atoms with van der Waals surface area (Å²) in [6.45, 7) is 8.81. The number of anilines is 1. The first-order valence-electron chi connectivity index (χ1n) is 7.96. The van der Waals surface area contributed by atoms with Crippen LogP contribution >= 0.6 is 0 Å². The monoisotopic (exact) mass is 310 g/mol. The Morgan fingerprint density at radius 3 is 2.26 bits per heavy atom. The molecule has 120 valence electrons. The average Bonchev–Trinajstić information content (AvgIpc) is 3.00. The molecule has 3 rings (SSSR count). The lowest BCUT2D eigenvalue weighted by molar-refractivity contribution is 0.542. The van der Waals surface area contributed by atoms with E-state index in [1.165, 1.54) is 15.8 Å². The first-order valence-corrected chi connectivity index (χ1v) is 7.96. The molecule has 1 aromatic carbocycles. The van der Waals surface area contributed by atoms with Crippen LogP contribution in [-0.4, -0.2) is 25.3 Å². The molecule has 0 fully saturated rings. The van der Waals surface area contributed by atoms with Crippen molar-refractivity contribution in [1.29, 1.82) is 0 Å². The summed E-state index contributed by atoms with van der Waals surface area (Å²) in [7, 11) is 0. The molecule has 23 heavy (non-hydrogen) atoms. The number of nitrogens with one attached hydrogen (secondary N) is 1. The van der Waals surface area contributed by atoms with Crippen molar-refractivity contribution in [2.45, 2.75) is 39.7 Å². The number of hydrogen-bond acceptors (Lipinski definition) is 5. The topological polar surface area (TPSA) is 68.0 Å². The predicted molar refractivity (Wildman–Crippen MR) is 90.3 cm³/mol. The van der Waals surface area contributed by atoms with Gasteiger partial charge in [-0.3, -0.25) is 0 Å². The lowest BCUT2D eigenvalue weighted by Gasteiger charge is -2.23. The van der Waals surface area contributed by atoms with E-state index in [1.54, 1.807) is 0 Å². The van der Waals surface area contributed by atoms with Crippen LogP contribution in [-0.2, 0) is 0 Å². The predicted octanol–water partition coefficient (Wildman–Crippen LogP) is 3.45. The molecule has 0 aliphatic heterocycles. The number of rotatable bonds is 5. The maximum absolute atomic E-state index is 4.40.